The van der Waals surface area contributed by atoms with E-state index in [9.17, 15) is 17.6 Å². The molecule has 29 heavy (non-hydrogen) atoms. The molecule has 3 aromatic rings. The van der Waals surface area contributed by atoms with E-state index in [1.54, 1.807) is 0 Å². The van der Waals surface area contributed by atoms with E-state index in [1.807, 2.05) is 17.5 Å². The van der Waals surface area contributed by atoms with Crippen molar-refractivity contribution in [3.63, 3.8) is 0 Å². The second-order valence-corrected chi connectivity index (χ2v) is 8.14. The number of halogens is 4. The zero-order valence-corrected chi connectivity index (χ0v) is 16.4. The third kappa shape index (κ3) is 4.45. The third-order valence-electron chi connectivity index (χ3n) is 5.33. The van der Waals surface area contributed by atoms with Crippen LogP contribution in [-0.4, -0.2) is 4.98 Å². The first-order valence-electron chi connectivity index (χ1n) is 9.60. The molecule has 0 unspecified atom stereocenters. The fraction of sp³-hybridized carbons (Fsp3) is 0.318. The third-order valence-corrected chi connectivity index (χ3v) is 6.09. The quantitative estimate of drug-likeness (QED) is 0.436. The van der Waals surface area contributed by atoms with Crippen molar-refractivity contribution in [3.8, 4) is 11.3 Å². The van der Waals surface area contributed by atoms with Gasteiger partial charge in [0.2, 0.25) is 0 Å². The second-order valence-electron chi connectivity index (χ2n) is 7.28. The van der Waals surface area contributed by atoms with Crippen LogP contribution in [0.1, 0.15) is 49.1 Å². The van der Waals surface area contributed by atoms with Gasteiger partial charge in [0.15, 0.2) is 10.9 Å². The lowest BCUT2D eigenvalue weighted by Gasteiger charge is -2.22. The summed E-state index contributed by atoms with van der Waals surface area (Å²) in [5.74, 6) is -0.706. The van der Waals surface area contributed by atoms with Crippen molar-refractivity contribution >= 4 is 22.2 Å². The van der Waals surface area contributed by atoms with E-state index in [4.69, 9.17) is 0 Å². The van der Waals surface area contributed by atoms with Crippen molar-refractivity contribution in [2.75, 3.05) is 5.32 Å². The van der Waals surface area contributed by atoms with Crippen LogP contribution < -0.4 is 5.32 Å². The standard InChI is InChI=1S/C22H20F4N2S/c23-20-17(22(24,25)26)7-4-8-18(20)27-21-28-19(13-29-21)16-11-9-15(10-12-16)14-5-2-1-3-6-14/h4,7-14H,1-3,5-6H2,(H,27,28). The number of thiazole rings is 1. The lowest BCUT2D eigenvalue weighted by Crippen LogP contribution is -2.09. The maximum absolute atomic E-state index is 14.2. The van der Waals surface area contributed by atoms with Crippen molar-refractivity contribution in [1.29, 1.82) is 0 Å². The van der Waals surface area contributed by atoms with E-state index in [0.717, 1.165) is 11.6 Å². The van der Waals surface area contributed by atoms with Gasteiger partial charge in [-0.25, -0.2) is 9.37 Å². The van der Waals surface area contributed by atoms with Crippen LogP contribution in [0.5, 0.6) is 0 Å². The molecule has 0 amide bonds. The van der Waals surface area contributed by atoms with E-state index < -0.39 is 17.6 Å². The summed E-state index contributed by atoms with van der Waals surface area (Å²) in [6, 6.07) is 11.5. The van der Waals surface area contributed by atoms with Crippen molar-refractivity contribution in [3.05, 3.63) is 64.8 Å². The molecule has 1 fully saturated rings. The number of hydrogen-bond acceptors (Lipinski definition) is 3. The molecule has 2 nitrogen and oxygen atoms in total. The van der Waals surface area contributed by atoms with Crippen molar-refractivity contribution in [2.24, 2.45) is 0 Å². The zero-order chi connectivity index (χ0) is 20.4. The van der Waals surface area contributed by atoms with Gasteiger partial charge in [-0.2, -0.15) is 13.2 Å². The Morgan fingerprint density at radius 3 is 2.38 bits per heavy atom. The molecular formula is C22H20F4N2S. The Labute approximate surface area is 170 Å². The number of alkyl halides is 3. The average molecular weight is 420 g/mol. The Morgan fingerprint density at radius 1 is 0.966 bits per heavy atom. The van der Waals surface area contributed by atoms with Crippen LogP contribution in [0.15, 0.2) is 47.8 Å². The molecular weight excluding hydrogens is 400 g/mol. The number of aromatic nitrogens is 1. The molecule has 0 spiro atoms. The van der Waals surface area contributed by atoms with Crippen LogP contribution in [0.2, 0.25) is 0 Å². The van der Waals surface area contributed by atoms with E-state index >= 15 is 0 Å². The molecule has 0 atom stereocenters. The highest BCUT2D eigenvalue weighted by molar-refractivity contribution is 7.14. The van der Waals surface area contributed by atoms with Gasteiger partial charge in [0.25, 0.3) is 0 Å². The molecule has 4 rings (SSSR count). The van der Waals surface area contributed by atoms with Gasteiger partial charge in [-0.05, 0) is 36.5 Å². The number of anilines is 2. The Hall–Kier alpha value is -2.41. The summed E-state index contributed by atoms with van der Waals surface area (Å²) < 4.78 is 52.8. The maximum atomic E-state index is 14.2. The fourth-order valence-corrected chi connectivity index (χ4v) is 4.52. The first-order valence-corrected chi connectivity index (χ1v) is 10.5. The Bertz CT molecular complexity index is 973. The predicted octanol–water partition coefficient (Wildman–Crippen LogP) is 7.76. The smallest absolute Gasteiger partial charge is 0.329 e. The molecule has 0 aliphatic heterocycles. The molecule has 1 N–H and O–H groups in total. The number of hydrogen-bond donors (Lipinski definition) is 1. The van der Waals surface area contributed by atoms with E-state index in [0.29, 0.717) is 16.7 Å². The van der Waals surface area contributed by atoms with Gasteiger partial charge < -0.3 is 5.32 Å². The topological polar surface area (TPSA) is 24.9 Å². The average Bonchev–Trinajstić information content (AvgIpc) is 3.18. The monoisotopic (exact) mass is 420 g/mol. The van der Waals surface area contributed by atoms with Gasteiger partial charge >= 0.3 is 6.18 Å². The van der Waals surface area contributed by atoms with Crippen molar-refractivity contribution < 1.29 is 17.6 Å². The molecule has 1 aliphatic rings. The minimum absolute atomic E-state index is 0.242. The summed E-state index contributed by atoms with van der Waals surface area (Å²) in [6.07, 6.45) is 1.59. The molecule has 1 aromatic heterocycles. The summed E-state index contributed by atoms with van der Waals surface area (Å²) in [5.41, 5.74) is 1.44. The largest absolute Gasteiger partial charge is 0.419 e. The van der Waals surface area contributed by atoms with Gasteiger partial charge in [-0.3, -0.25) is 0 Å². The molecule has 1 heterocycles. The molecule has 0 bridgehead atoms. The highest BCUT2D eigenvalue weighted by Gasteiger charge is 2.35. The van der Waals surface area contributed by atoms with Crippen molar-refractivity contribution in [1.82, 2.24) is 4.98 Å². The lowest BCUT2D eigenvalue weighted by molar-refractivity contribution is -0.139. The molecule has 7 heteroatoms. The summed E-state index contributed by atoms with van der Waals surface area (Å²) in [6.45, 7) is 0. The van der Waals surface area contributed by atoms with E-state index in [1.165, 1.54) is 61.1 Å². The van der Waals surface area contributed by atoms with Crippen LogP contribution in [0, 0.1) is 5.82 Å². The highest BCUT2D eigenvalue weighted by atomic mass is 32.1. The van der Waals surface area contributed by atoms with Gasteiger partial charge in [0.1, 0.15) is 0 Å². The second kappa shape index (κ2) is 8.14. The number of nitrogens with zero attached hydrogens (tertiary/aromatic N) is 1. The van der Waals surface area contributed by atoms with Crippen molar-refractivity contribution in [2.45, 2.75) is 44.2 Å². The van der Waals surface area contributed by atoms with Crippen LogP contribution in [0.25, 0.3) is 11.3 Å². The Kier molecular flexibility index (Phi) is 5.58. The first kappa shape index (κ1) is 19.9. The van der Waals surface area contributed by atoms with Gasteiger partial charge in [-0.15, -0.1) is 11.3 Å². The summed E-state index contributed by atoms with van der Waals surface area (Å²) in [7, 11) is 0. The Balaban J connectivity index is 1.50. The molecule has 0 radical (unpaired) electrons. The number of benzene rings is 2. The fourth-order valence-electron chi connectivity index (χ4n) is 3.79. The SMILES string of the molecule is Fc1c(Nc2nc(-c3ccc(C4CCCCC4)cc3)cs2)cccc1C(F)(F)F. The lowest BCUT2D eigenvalue weighted by atomic mass is 9.84. The van der Waals surface area contributed by atoms with Crippen LogP contribution >= 0.6 is 11.3 Å². The number of nitrogens with one attached hydrogen (secondary N) is 1. The summed E-state index contributed by atoms with van der Waals surface area (Å²) >= 11 is 1.22. The van der Waals surface area contributed by atoms with Gasteiger partial charge in [-0.1, -0.05) is 49.6 Å². The summed E-state index contributed by atoms with van der Waals surface area (Å²) in [5, 5.41) is 4.82. The molecule has 1 aliphatic carbocycles. The molecule has 0 saturated heterocycles. The number of rotatable bonds is 4. The minimum Gasteiger partial charge on any atom is -0.329 e. The van der Waals surface area contributed by atoms with E-state index in [2.05, 4.69) is 22.4 Å². The summed E-state index contributed by atoms with van der Waals surface area (Å²) in [4.78, 5) is 4.41. The minimum atomic E-state index is -4.74. The van der Waals surface area contributed by atoms with E-state index in [-0.39, 0.29) is 5.69 Å². The predicted molar refractivity (Wildman–Crippen MR) is 108 cm³/mol. The molecule has 152 valence electrons. The molecule has 1 saturated carbocycles. The first-order chi connectivity index (χ1) is 13.9. The maximum Gasteiger partial charge on any atom is 0.419 e. The molecule has 2 aromatic carbocycles. The van der Waals surface area contributed by atoms with Gasteiger partial charge in [0, 0.05) is 10.9 Å². The Morgan fingerprint density at radius 2 is 1.69 bits per heavy atom. The van der Waals surface area contributed by atoms with Crippen LogP contribution in [0.3, 0.4) is 0 Å². The van der Waals surface area contributed by atoms with Crippen LogP contribution in [-0.2, 0) is 6.18 Å². The van der Waals surface area contributed by atoms with Crippen LogP contribution in [0.4, 0.5) is 28.4 Å². The zero-order valence-electron chi connectivity index (χ0n) is 15.6. The normalized spacial score (nSPS) is 15.4. The highest BCUT2D eigenvalue weighted by Crippen LogP contribution is 2.36. The van der Waals surface area contributed by atoms with Gasteiger partial charge in [0.05, 0.1) is 16.9 Å².